The number of carbonyl (C=O) groups excluding carboxylic acids is 1. The summed E-state index contributed by atoms with van der Waals surface area (Å²) in [5, 5.41) is 6.95. The van der Waals surface area contributed by atoms with Gasteiger partial charge in [-0.3, -0.25) is 9.89 Å². The van der Waals surface area contributed by atoms with Crippen molar-refractivity contribution in [3.8, 4) is 0 Å². The molecule has 3 rings (SSSR count). The van der Waals surface area contributed by atoms with E-state index in [2.05, 4.69) is 10.2 Å². The predicted octanol–water partition coefficient (Wildman–Crippen LogP) is 2.90. The molecule has 25 heavy (non-hydrogen) atoms. The molecule has 0 bridgehead atoms. The number of nitrogen functional groups attached to an aromatic ring is 1. The Balaban J connectivity index is 1.81. The first-order chi connectivity index (χ1) is 12.1. The van der Waals surface area contributed by atoms with Gasteiger partial charge in [0.25, 0.3) is 5.91 Å². The summed E-state index contributed by atoms with van der Waals surface area (Å²) in [6.45, 7) is 2.42. The summed E-state index contributed by atoms with van der Waals surface area (Å²) >= 11 is 0. The van der Waals surface area contributed by atoms with Crippen molar-refractivity contribution < 1.29 is 9.53 Å². The van der Waals surface area contributed by atoms with E-state index in [1.165, 1.54) is 0 Å². The molecule has 6 heteroatoms. The summed E-state index contributed by atoms with van der Waals surface area (Å²) in [4.78, 5) is 15.0. The van der Waals surface area contributed by atoms with Gasteiger partial charge >= 0.3 is 0 Å². The van der Waals surface area contributed by atoms with E-state index in [9.17, 15) is 4.79 Å². The van der Waals surface area contributed by atoms with E-state index < -0.39 is 0 Å². The Labute approximate surface area is 148 Å². The van der Waals surface area contributed by atoms with Crippen LogP contribution in [0.1, 0.15) is 47.4 Å². The minimum atomic E-state index is -0.0103. The van der Waals surface area contributed by atoms with Crippen LogP contribution in [0.3, 0.4) is 0 Å². The average Bonchev–Trinajstić information content (AvgIpc) is 3.06. The molecule has 6 nitrogen and oxygen atoms in total. The standard InChI is InChI=1S/C19H26N4O2/c1-13-10-18(22-21-13)19(24)23(12-14-4-3-5-15(20)11-14)16-6-8-17(25-2)9-7-16/h3-5,10-11,16-17H,6-9,12,20H2,1-2H3,(H,21,22)/t16-,17-. The number of hydrogen-bond acceptors (Lipinski definition) is 4. The van der Waals surface area contributed by atoms with E-state index in [0.717, 1.165) is 36.9 Å². The van der Waals surface area contributed by atoms with Gasteiger partial charge < -0.3 is 15.4 Å². The summed E-state index contributed by atoms with van der Waals surface area (Å²) in [5.41, 5.74) is 9.01. The molecule has 134 valence electrons. The van der Waals surface area contributed by atoms with Crippen molar-refractivity contribution in [3.05, 3.63) is 47.3 Å². The third-order valence-electron chi connectivity index (χ3n) is 4.92. The lowest BCUT2D eigenvalue weighted by molar-refractivity contribution is 0.0310. The molecule has 1 aromatic carbocycles. The lowest BCUT2D eigenvalue weighted by Gasteiger charge is -2.36. The van der Waals surface area contributed by atoms with Crippen LogP contribution in [0.2, 0.25) is 0 Å². The highest BCUT2D eigenvalue weighted by Crippen LogP contribution is 2.27. The second kappa shape index (κ2) is 7.70. The first kappa shape index (κ1) is 17.5. The fraction of sp³-hybridized carbons (Fsp3) is 0.474. The largest absolute Gasteiger partial charge is 0.399 e. The number of amides is 1. The lowest BCUT2D eigenvalue weighted by Crippen LogP contribution is -2.43. The Hall–Kier alpha value is -2.34. The van der Waals surface area contributed by atoms with Crippen molar-refractivity contribution in [2.75, 3.05) is 12.8 Å². The molecular formula is C19H26N4O2. The summed E-state index contributed by atoms with van der Waals surface area (Å²) in [6.07, 6.45) is 4.14. The Morgan fingerprint density at radius 2 is 2.08 bits per heavy atom. The quantitative estimate of drug-likeness (QED) is 0.818. The maximum atomic E-state index is 13.1. The van der Waals surface area contributed by atoms with Crippen molar-refractivity contribution in [2.45, 2.75) is 51.3 Å². The van der Waals surface area contributed by atoms with Gasteiger partial charge in [-0.1, -0.05) is 12.1 Å². The van der Waals surface area contributed by atoms with Gasteiger partial charge in [0.1, 0.15) is 5.69 Å². The van der Waals surface area contributed by atoms with Gasteiger partial charge in [-0.2, -0.15) is 5.10 Å². The van der Waals surface area contributed by atoms with Crippen molar-refractivity contribution in [3.63, 3.8) is 0 Å². The maximum absolute atomic E-state index is 13.1. The summed E-state index contributed by atoms with van der Waals surface area (Å²) < 4.78 is 5.47. The number of carbonyl (C=O) groups is 1. The molecule has 0 radical (unpaired) electrons. The number of H-pyrrole nitrogens is 1. The van der Waals surface area contributed by atoms with Crippen molar-refractivity contribution >= 4 is 11.6 Å². The van der Waals surface area contributed by atoms with E-state index in [-0.39, 0.29) is 11.9 Å². The minimum absolute atomic E-state index is 0.0103. The number of methoxy groups -OCH3 is 1. The smallest absolute Gasteiger partial charge is 0.272 e. The molecule has 3 N–H and O–H groups in total. The summed E-state index contributed by atoms with van der Waals surface area (Å²) in [7, 11) is 1.76. The molecule has 2 aromatic rings. The zero-order chi connectivity index (χ0) is 17.8. The number of nitrogens with one attached hydrogen (secondary N) is 1. The lowest BCUT2D eigenvalue weighted by atomic mass is 9.91. The number of aromatic nitrogens is 2. The molecule has 1 aliphatic rings. The number of nitrogens with zero attached hydrogens (tertiary/aromatic N) is 2. The van der Waals surface area contributed by atoms with Gasteiger partial charge in [-0.05, 0) is 56.4 Å². The number of nitrogens with two attached hydrogens (primary N) is 1. The van der Waals surface area contributed by atoms with E-state index in [1.54, 1.807) is 13.2 Å². The van der Waals surface area contributed by atoms with E-state index in [4.69, 9.17) is 10.5 Å². The summed E-state index contributed by atoms with van der Waals surface area (Å²) in [5.74, 6) is -0.0103. The van der Waals surface area contributed by atoms with Crippen molar-refractivity contribution in [1.29, 1.82) is 0 Å². The topological polar surface area (TPSA) is 84.2 Å². The van der Waals surface area contributed by atoms with E-state index in [0.29, 0.717) is 24.0 Å². The molecule has 0 saturated heterocycles. The SMILES string of the molecule is CO[C@H]1CC[C@H](N(Cc2cccc(N)c2)C(=O)c2cc(C)n[nH]2)CC1. The van der Waals surface area contributed by atoms with Crippen LogP contribution in [0.25, 0.3) is 0 Å². The Morgan fingerprint density at radius 1 is 1.32 bits per heavy atom. The Morgan fingerprint density at radius 3 is 2.68 bits per heavy atom. The number of ether oxygens (including phenoxy) is 1. The molecular weight excluding hydrogens is 316 g/mol. The van der Waals surface area contributed by atoms with Gasteiger partial charge in [0.05, 0.1) is 11.8 Å². The maximum Gasteiger partial charge on any atom is 0.272 e. The Kier molecular flexibility index (Phi) is 5.38. The van der Waals surface area contributed by atoms with Crippen LogP contribution in [-0.4, -0.2) is 40.3 Å². The van der Waals surface area contributed by atoms with E-state index in [1.807, 2.05) is 36.1 Å². The number of aryl methyl sites for hydroxylation is 1. The first-order valence-electron chi connectivity index (χ1n) is 8.77. The molecule has 1 fully saturated rings. The van der Waals surface area contributed by atoms with Crippen LogP contribution >= 0.6 is 0 Å². The molecule has 0 spiro atoms. The highest BCUT2D eigenvalue weighted by atomic mass is 16.5. The highest BCUT2D eigenvalue weighted by Gasteiger charge is 2.30. The zero-order valence-corrected chi connectivity index (χ0v) is 14.9. The van der Waals surface area contributed by atoms with Crippen molar-refractivity contribution in [2.24, 2.45) is 0 Å². The normalized spacial score (nSPS) is 20.4. The van der Waals surface area contributed by atoms with E-state index >= 15 is 0 Å². The molecule has 0 aliphatic heterocycles. The first-order valence-corrected chi connectivity index (χ1v) is 8.77. The van der Waals surface area contributed by atoms with Gasteiger partial charge in [-0.15, -0.1) is 0 Å². The predicted molar refractivity (Wildman–Crippen MR) is 97.1 cm³/mol. The minimum Gasteiger partial charge on any atom is -0.399 e. The Bertz CT molecular complexity index is 720. The summed E-state index contributed by atoms with van der Waals surface area (Å²) in [6, 6.07) is 9.72. The van der Waals surface area contributed by atoms with Gasteiger partial charge in [0, 0.05) is 25.4 Å². The van der Waals surface area contributed by atoms with Gasteiger partial charge in [0.15, 0.2) is 0 Å². The van der Waals surface area contributed by atoms with Crippen LogP contribution in [-0.2, 0) is 11.3 Å². The molecule has 0 unspecified atom stereocenters. The van der Waals surface area contributed by atoms with Crippen LogP contribution < -0.4 is 5.73 Å². The fourth-order valence-electron chi connectivity index (χ4n) is 3.53. The number of benzene rings is 1. The number of anilines is 1. The van der Waals surface area contributed by atoms with Crippen LogP contribution in [0.4, 0.5) is 5.69 Å². The molecule has 1 saturated carbocycles. The molecule has 1 amide bonds. The monoisotopic (exact) mass is 342 g/mol. The van der Waals surface area contributed by atoms with Crippen LogP contribution in [0.15, 0.2) is 30.3 Å². The molecule has 0 atom stereocenters. The van der Waals surface area contributed by atoms with Crippen molar-refractivity contribution in [1.82, 2.24) is 15.1 Å². The van der Waals surface area contributed by atoms with Crippen LogP contribution in [0, 0.1) is 6.92 Å². The van der Waals surface area contributed by atoms with Gasteiger partial charge in [-0.25, -0.2) is 0 Å². The third-order valence-corrected chi connectivity index (χ3v) is 4.92. The third kappa shape index (κ3) is 4.20. The number of aromatic amines is 1. The van der Waals surface area contributed by atoms with Gasteiger partial charge in [0.2, 0.25) is 0 Å². The average molecular weight is 342 g/mol. The number of rotatable bonds is 5. The zero-order valence-electron chi connectivity index (χ0n) is 14.9. The highest BCUT2D eigenvalue weighted by molar-refractivity contribution is 5.92. The number of hydrogen-bond donors (Lipinski definition) is 2. The fourth-order valence-corrected chi connectivity index (χ4v) is 3.53. The molecule has 1 aliphatic carbocycles. The molecule has 1 heterocycles. The second-order valence-electron chi connectivity index (χ2n) is 6.77. The molecule has 1 aromatic heterocycles. The second-order valence-corrected chi connectivity index (χ2v) is 6.77. The van der Waals surface area contributed by atoms with Crippen LogP contribution in [0.5, 0.6) is 0 Å².